The molecule has 2 aliphatic heterocycles. The van der Waals surface area contributed by atoms with Crippen LogP contribution in [-0.2, 0) is 14.9 Å². The van der Waals surface area contributed by atoms with Gasteiger partial charge in [0.05, 0.1) is 13.2 Å². The third kappa shape index (κ3) is 5.62. The van der Waals surface area contributed by atoms with E-state index in [0.717, 1.165) is 0 Å². The van der Waals surface area contributed by atoms with Crippen LogP contribution in [0.2, 0.25) is 0 Å². The van der Waals surface area contributed by atoms with E-state index in [2.05, 4.69) is 6.58 Å². The lowest BCUT2D eigenvalue weighted by Gasteiger charge is -2.40. The zero-order valence-corrected chi connectivity index (χ0v) is 19.4. The molecule has 10 unspecified atom stereocenters. The van der Waals surface area contributed by atoms with Crippen LogP contribution in [0.3, 0.4) is 0 Å². The first-order chi connectivity index (χ1) is 16.4. The molecule has 0 radical (unpaired) electrons. The Labute approximate surface area is 202 Å². The van der Waals surface area contributed by atoms with Gasteiger partial charge in [-0.2, -0.15) is 0 Å². The minimum atomic E-state index is -1.65. The molecular formula is C23H34O12. The van der Waals surface area contributed by atoms with Crippen LogP contribution in [0, 0.1) is 0 Å². The molecule has 35 heavy (non-hydrogen) atoms. The average molecular weight is 503 g/mol. The van der Waals surface area contributed by atoms with E-state index >= 15 is 0 Å². The molecule has 2 aliphatic rings. The summed E-state index contributed by atoms with van der Waals surface area (Å²) in [6.07, 6.45) is -13.3. The Balaban J connectivity index is 1.91. The molecule has 2 heterocycles. The molecule has 0 aromatic heterocycles. The highest BCUT2D eigenvalue weighted by Gasteiger charge is 2.46. The molecule has 0 bridgehead atoms. The van der Waals surface area contributed by atoms with Gasteiger partial charge in [0.2, 0.25) is 12.6 Å². The SMILES string of the molecule is C=CC(C)(C)c1ccc(OC2OC(CO)C(O)C(O)C2O)cc1OC1OC(CO)C(O)C(O)C1O. The van der Waals surface area contributed by atoms with Crippen LogP contribution in [0.4, 0.5) is 0 Å². The highest BCUT2D eigenvalue weighted by Crippen LogP contribution is 2.38. The van der Waals surface area contributed by atoms with Crippen LogP contribution in [0.15, 0.2) is 30.9 Å². The second kappa shape index (κ2) is 11.0. The molecule has 1 aromatic rings. The van der Waals surface area contributed by atoms with Gasteiger partial charge in [-0.05, 0) is 6.07 Å². The summed E-state index contributed by atoms with van der Waals surface area (Å²) in [6.45, 7) is 6.25. The number of hydrogen-bond donors (Lipinski definition) is 8. The lowest BCUT2D eigenvalue weighted by molar-refractivity contribution is -0.278. The van der Waals surface area contributed by atoms with Gasteiger partial charge in [0.15, 0.2) is 0 Å². The molecule has 0 aliphatic carbocycles. The lowest BCUT2D eigenvalue weighted by Crippen LogP contribution is -2.60. The minimum absolute atomic E-state index is 0.0949. The van der Waals surface area contributed by atoms with Gasteiger partial charge >= 0.3 is 0 Å². The van der Waals surface area contributed by atoms with Gasteiger partial charge < -0.3 is 59.8 Å². The predicted molar refractivity (Wildman–Crippen MR) is 118 cm³/mol. The molecule has 2 fully saturated rings. The van der Waals surface area contributed by atoms with Crippen molar-refractivity contribution < 1.29 is 59.8 Å². The van der Waals surface area contributed by atoms with Gasteiger partial charge in [-0.1, -0.05) is 26.0 Å². The standard InChI is InChI=1S/C23H34O12/c1-4-23(2,3)11-6-5-10(32-21-19(30)17(28)15(26)13(8-24)34-21)7-12(11)33-22-20(31)18(29)16(27)14(9-25)35-22/h4-7,13-22,24-31H,1,8-9H2,2-3H3. The molecule has 8 N–H and O–H groups in total. The Morgan fingerprint density at radius 2 is 1.29 bits per heavy atom. The Morgan fingerprint density at radius 3 is 1.74 bits per heavy atom. The molecular weight excluding hydrogens is 468 g/mol. The molecule has 0 amide bonds. The van der Waals surface area contributed by atoms with E-state index in [1.54, 1.807) is 12.1 Å². The van der Waals surface area contributed by atoms with Gasteiger partial charge in [-0.3, -0.25) is 0 Å². The van der Waals surface area contributed by atoms with Crippen LogP contribution >= 0.6 is 0 Å². The molecule has 0 spiro atoms. The summed E-state index contributed by atoms with van der Waals surface area (Å²) in [5.41, 5.74) is -0.0730. The van der Waals surface area contributed by atoms with Crippen molar-refractivity contribution in [2.24, 2.45) is 0 Å². The number of allylic oxidation sites excluding steroid dienone is 1. The Hall–Kier alpha value is -1.84. The summed E-state index contributed by atoms with van der Waals surface area (Å²) in [7, 11) is 0. The molecule has 198 valence electrons. The average Bonchev–Trinajstić information content (AvgIpc) is 2.84. The molecule has 12 heteroatoms. The maximum Gasteiger partial charge on any atom is 0.229 e. The van der Waals surface area contributed by atoms with Crippen LogP contribution in [0.25, 0.3) is 0 Å². The summed E-state index contributed by atoms with van der Waals surface area (Å²) in [5.74, 6) is 0.221. The summed E-state index contributed by atoms with van der Waals surface area (Å²) in [6, 6.07) is 4.55. The minimum Gasteiger partial charge on any atom is -0.462 e. The van der Waals surface area contributed by atoms with Crippen molar-refractivity contribution in [2.45, 2.75) is 80.7 Å². The van der Waals surface area contributed by atoms with Gasteiger partial charge in [0.1, 0.15) is 60.3 Å². The number of rotatable bonds is 8. The maximum atomic E-state index is 10.4. The lowest BCUT2D eigenvalue weighted by atomic mass is 9.84. The first kappa shape index (κ1) is 27.7. The number of aliphatic hydroxyl groups is 8. The van der Waals surface area contributed by atoms with Crippen molar-refractivity contribution in [2.75, 3.05) is 13.2 Å². The first-order valence-electron chi connectivity index (χ1n) is 11.2. The first-order valence-corrected chi connectivity index (χ1v) is 11.2. The highest BCUT2D eigenvalue weighted by atomic mass is 16.7. The van der Waals surface area contributed by atoms with Crippen LogP contribution in [-0.4, -0.2) is 115 Å². The Bertz CT molecular complexity index is 859. The Morgan fingerprint density at radius 1 is 0.800 bits per heavy atom. The molecule has 3 rings (SSSR count). The molecule has 10 atom stereocenters. The number of ether oxygens (including phenoxy) is 4. The normalized spacial score (nSPS) is 38.1. The smallest absolute Gasteiger partial charge is 0.229 e. The second-order valence-electron chi connectivity index (χ2n) is 9.21. The molecule has 2 saturated heterocycles. The van der Waals surface area contributed by atoms with E-state index in [1.165, 1.54) is 12.1 Å². The van der Waals surface area contributed by atoms with Crippen molar-refractivity contribution in [3.05, 3.63) is 36.4 Å². The monoisotopic (exact) mass is 502 g/mol. The largest absolute Gasteiger partial charge is 0.462 e. The van der Waals surface area contributed by atoms with Crippen LogP contribution < -0.4 is 9.47 Å². The summed E-state index contributed by atoms with van der Waals surface area (Å²) >= 11 is 0. The van der Waals surface area contributed by atoms with Gasteiger partial charge in [-0.15, -0.1) is 6.58 Å². The topological polar surface area (TPSA) is 199 Å². The third-order valence-electron chi connectivity index (χ3n) is 6.35. The predicted octanol–water partition coefficient (Wildman–Crippen LogP) is -2.49. The van der Waals surface area contributed by atoms with E-state index in [1.807, 2.05) is 13.8 Å². The number of benzene rings is 1. The fourth-order valence-electron chi connectivity index (χ4n) is 3.90. The maximum absolute atomic E-state index is 10.4. The third-order valence-corrected chi connectivity index (χ3v) is 6.35. The van der Waals surface area contributed by atoms with Crippen LogP contribution in [0.5, 0.6) is 11.5 Å². The van der Waals surface area contributed by atoms with E-state index in [0.29, 0.717) is 5.56 Å². The van der Waals surface area contributed by atoms with Crippen molar-refractivity contribution in [3.8, 4) is 11.5 Å². The van der Waals surface area contributed by atoms with Crippen molar-refractivity contribution in [3.63, 3.8) is 0 Å². The zero-order valence-electron chi connectivity index (χ0n) is 19.4. The number of aliphatic hydroxyl groups excluding tert-OH is 8. The second-order valence-corrected chi connectivity index (χ2v) is 9.21. The molecule has 12 nitrogen and oxygen atoms in total. The molecule has 1 aromatic carbocycles. The van der Waals surface area contributed by atoms with E-state index in [9.17, 15) is 40.9 Å². The summed E-state index contributed by atoms with van der Waals surface area (Å²) in [4.78, 5) is 0. The zero-order chi connectivity index (χ0) is 26.1. The summed E-state index contributed by atoms with van der Waals surface area (Å²) in [5, 5.41) is 79.6. The van der Waals surface area contributed by atoms with E-state index in [-0.39, 0.29) is 11.5 Å². The van der Waals surface area contributed by atoms with E-state index in [4.69, 9.17) is 18.9 Å². The van der Waals surface area contributed by atoms with Crippen LogP contribution in [0.1, 0.15) is 19.4 Å². The van der Waals surface area contributed by atoms with Gasteiger partial charge in [-0.25, -0.2) is 0 Å². The summed E-state index contributed by atoms with van der Waals surface area (Å²) < 4.78 is 22.3. The van der Waals surface area contributed by atoms with Crippen molar-refractivity contribution in [1.82, 2.24) is 0 Å². The highest BCUT2D eigenvalue weighted by molar-refractivity contribution is 5.46. The van der Waals surface area contributed by atoms with Gasteiger partial charge in [0.25, 0.3) is 0 Å². The fourth-order valence-corrected chi connectivity index (χ4v) is 3.90. The van der Waals surface area contributed by atoms with Gasteiger partial charge in [0, 0.05) is 17.0 Å². The number of hydrogen-bond acceptors (Lipinski definition) is 12. The Kier molecular flexibility index (Phi) is 8.76. The quantitative estimate of drug-likeness (QED) is 0.174. The molecule has 0 saturated carbocycles. The van der Waals surface area contributed by atoms with E-state index < -0.39 is 80.0 Å². The van der Waals surface area contributed by atoms with Crippen molar-refractivity contribution >= 4 is 0 Å². The fraction of sp³-hybridized carbons (Fsp3) is 0.652. The van der Waals surface area contributed by atoms with Crippen molar-refractivity contribution in [1.29, 1.82) is 0 Å².